The van der Waals surface area contributed by atoms with E-state index in [9.17, 15) is 13.2 Å². The third-order valence-corrected chi connectivity index (χ3v) is 4.48. The molecule has 7 heteroatoms. The Morgan fingerprint density at radius 2 is 1.68 bits per heavy atom. The maximum Gasteiger partial charge on any atom is 0.255 e. The molecule has 128 valence electrons. The van der Waals surface area contributed by atoms with Crippen LogP contribution in [0.4, 0.5) is 11.4 Å². The fourth-order valence-electron chi connectivity index (χ4n) is 2.47. The lowest BCUT2D eigenvalue weighted by Gasteiger charge is -2.11. The van der Waals surface area contributed by atoms with Crippen LogP contribution >= 0.6 is 11.6 Å². The molecule has 3 aromatic rings. The molecule has 0 aliphatic rings. The van der Waals surface area contributed by atoms with Crippen molar-refractivity contribution in [2.24, 2.45) is 0 Å². The van der Waals surface area contributed by atoms with E-state index in [1.54, 1.807) is 0 Å². The van der Waals surface area contributed by atoms with Gasteiger partial charge in [-0.05, 0) is 29.7 Å². The number of hydrogen-bond acceptors (Lipinski definition) is 3. The van der Waals surface area contributed by atoms with E-state index in [1.165, 1.54) is 18.2 Å². The Bertz CT molecular complexity index is 1060. The van der Waals surface area contributed by atoms with Crippen LogP contribution in [-0.2, 0) is 10.0 Å². The van der Waals surface area contributed by atoms with Gasteiger partial charge in [-0.15, -0.1) is 0 Å². The first kappa shape index (κ1) is 17.3. The summed E-state index contributed by atoms with van der Waals surface area (Å²) in [7, 11) is -3.50. The van der Waals surface area contributed by atoms with Crippen LogP contribution in [0.3, 0.4) is 0 Å². The highest BCUT2D eigenvalue weighted by Gasteiger charge is 2.13. The number of nitrogens with one attached hydrogen (secondary N) is 2. The molecule has 0 heterocycles. The van der Waals surface area contributed by atoms with Gasteiger partial charge in [-0.2, -0.15) is 0 Å². The number of anilines is 2. The number of carbonyl (C=O) groups excluding carboxylic acids is 1. The Kier molecular flexibility index (Phi) is 4.65. The zero-order valence-corrected chi connectivity index (χ0v) is 14.9. The summed E-state index contributed by atoms with van der Waals surface area (Å²) >= 11 is 5.99. The van der Waals surface area contributed by atoms with Crippen molar-refractivity contribution >= 4 is 49.7 Å². The molecule has 2 N–H and O–H groups in total. The van der Waals surface area contributed by atoms with Gasteiger partial charge in [-0.1, -0.05) is 48.0 Å². The van der Waals surface area contributed by atoms with Gasteiger partial charge in [0.05, 0.1) is 17.0 Å². The third-order valence-electron chi connectivity index (χ3n) is 3.56. The second-order valence-corrected chi connectivity index (χ2v) is 7.71. The molecule has 0 radical (unpaired) electrons. The first-order chi connectivity index (χ1) is 11.8. The Morgan fingerprint density at radius 1 is 0.960 bits per heavy atom. The van der Waals surface area contributed by atoms with Gasteiger partial charge < -0.3 is 5.32 Å². The van der Waals surface area contributed by atoms with Crippen molar-refractivity contribution in [2.45, 2.75) is 0 Å². The zero-order chi connectivity index (χ0) is 18.0. The van der Waals surface area contributed by atoms with Crippen LogP contribution in [-0.4, -0.2) is 20.6 Å². The molecule has 0 saturated heterocycles. The lowest BCUT2D eigenvalue weighted by molar-refractivity contribution is 0.102. The van der Waals surface area contributed by atoms with Gasteiger partial charge in [0, 0.05) is 16.6 Å². The normalized spacial score (nSPS) is 11.3. The molecule has 0 fully saturated rings. The van der Waals surface area contributed by atoms with Crippen LogP contribution in [0.25, 0.3) is 10.8 Å². The van der Waals surface area contributed by atoms with Crippen molar-refractivity contribution in [3.63, 3.8) is 0 Å². The first-order valence-electron chi connectivity index (χ1n) is 7.40. The van der Waals surface area contributed by atoms with Crippen LogP contribution in [0, 0.1) is 0 Å². The van der Waals surface area contributed by atoms with E-state index < -0.39 is 10.0 Å². The average molecular weight is 375 g/mol. The van der Waals surface area contributed by atoms with E-state index in [4.69, 9.17) is 11.6 Å². The predicted molar refractivity (Wildman–Crippen MR) is 102 cm³/mol. The summed E-state index contributed by atoms with van der Waals surface area (Å²) in [5.41, 5.74) is 1.13. The molecule has 3 rings (SSSR count). The predicted octanol–water partition coefficient (Wildman–Crippen LogP) is 4.12. The average Bonchev–Trinajstić information content (AvgIpc) is 2.56. The molecule has 0 spiro atoms. The standard InChI is InChI=1S/C18H15ClN2O3S/c1-25(23,24)21-17-11-13(9-10-15(17)19)18(22)20-16-8-4-6-12-5-2-3-7-14(12)16/h2-11,21H,1H3,(H,20,22). The van der Waals surface area contributed by atoms with Gasteiger partial charge in [-0.25, -0.2) is 8.42 Å². The van der Waals surface area contributed by atoms with E-state index in [0.717, 1.165) is 17.0 Å². The van der Waals surface area contributed by atoms with Gasteiger partial charge in [0.15, 0.2) is 0 Å². The maximum atomic E-state index is 12.6. The number of rotatable bonds is 4. The molecule has 0 atom stereocenters. The molecular weight excluding hydrogens is 360 g/mol. The van der Waals surface area contributed by atoms with Gasteiger partial charge in [0.2, 0.25) is 10.0 Å². The van der Waals surface area contributed by atoms with Crippen molar-refractivity contribution in [2.75, 3.05) is 16.3 Å². The van der Waals surface area contributed by atoms with Gasteiger partial charge in [0.25, 0.3) is 5.91 Å². The molecule has 0 aliphatic heterocycles. The van der Waals surface area contributed by atoms with Crippen LogP contribution in [0.2, 0.25) is 5.02 Å². The zero-order valence-electron chi connectivity index (χ0n) is 13.3. The minimum atomic E-state index is -3.50. The molecule has 3 aromatic carbocycles. The van der Waals surface area contributed by atoms with Gasteiger partial charge >= 0.3 is 0 Å². The highest BCUT2D eigenvalue weighted by molar-refractivity contribution is 7.92. The highest BCUT2D eigenvalue weighted by atomic mass is 35.5. The third kappa shape index (κ3) is 4.10. The number of fused-ring (bicyclic) bond motifs is 1. The fraction of sp³-hybridized carbons (Fsp3) is 0.0556. The maximum absolute atomic E-state index is 12.6. The van der Waals surface area contributed by atoms with Crippen LogP contribution in [0.5, 0.6) is 0 Å². The van der Waals surface area contributed by atoms with E-state index >= 15 is 0 Å². The molecule has 0 aromatic heterocycles. The highest BCUT2D eigenvalue weighted by Crippen LogP contribution is 2.26. The Hall–Kier alpha value is -2.57. The molecule has 0 aliphatic carbocycles. The fourth-order valence-corrected chi connectivity index (χ4v) is 3.26. The van der Waals surface area contributed by atoms with Gasteiger partial charge in [-0.3, -0.25) is 9.52 Å². The van der Waals surface area contributed by atoms with Crippen molar-refractivity contribution in [3.8, 4) is 0 Å². The van der Waals surface area contributed by atoms with E-state index in [-0.39, 0.29) is 16.6 Å². The number of benzene rings is 3. The minimum Gasteiger partial charge on any atom is -0.321 e. The van der Waals surface area contributed by atoms with Crippen molar-refractivity contribution in [3.05, 3.63) is 71.2 Å². The van der Waals surface area contributed by atoms with Crippen molar-refractivity contribution in [1.82, 2.24) is 0 Å². The molecule has 5 nitrogen and oxygen atoms in total. The summed E-state index contributed by atoms with van der Waals surface area (Å²) in [5, 5.41) is 4.99. The number of carbonyl (C=O) groups is 1. The summed E-state index contributed by atoms with van der Waals surface area (Å²) in [6.45, 7) is 0. The summed E-state index contributed by atoms with van der Waals surface area (Å²) in [6, 6.07) is 17.8. The van der Waals surface area contributed by atoms with Crippen LogP contribution in [0.15, 0.2) is 60.7 Å². The molecule has 0 unspecified atom stereocenters. The van der Waals surface area contributed by atoms with E-state index in [2.05, 4.69) is 10.0 Å². The van der Waals surface area contributed by atoms with Crippen LogP contribution in [0.1, 0.15) is 10.4 Å². The number of amides is 1. The Balaban J connectivity index is 1.92. The smallest absolute Gasteiger partial charge is 0.255 e. The van der Waals surface area contributed by atoms with E-state index in [1.807, 2.05) is 42.5 Å². The Morgan fingerprint density at radius 3 is 2.44 bits per heavy atom. The SMILES string of the molecule is CS(=O)(=O)Nc1cc(C(=O)Nc2cccc3ccccc23)ccc1Cl. The molecule has 0 bridgehead atoms. The van der Waals surface area contributed by atoms with E-state index in [0.29, 0.717) is 11.3 Å². The lowest BCUT2D eigenvalue weighted by Crippen LogP contribution is -2.14. The topological polar surface area (TPSA) is 75.3 Å². The number of sulfonamides is 1. The van der Waals surface area contributed by atoms with Crippen LogP contribution < -0.4 is 10.0 Å². The summed E-state index contributed by atoms with van der Waals surface area (Å²) < 4.78 is 25.1. The second kappa shape index (κ2) is 6.74. The monoisotopic (exact) mass is 374 g/mol. The Labute approximate surface area is 150 Å². The molecule has 25 heavy (non-hydrogen) atoms. The second-order valence-electron chi connectivity index (χ2n) is 5.55. The largest absolute Gasteiger partial charge is 0.321 e. The molecular formula is C18H15ClN2O3S. The molecule has 0 saturated carbocycles. The summed E-state index contributed by atoms with van der Waals surface area (Å²) in [4.78, 5) is 12.6. The summed E-state index contributed by atoms with van der Waals surface area (Å²) in [5.74, 6) is -0.357. The summed E-state index contributed by atoms with van der Waals surface area (Å²) in [6.07, 6.45) is 1.02. The van der Waals surface area contributed by atoms with Gasteiger partial charge in [0.1, 0.15) is 0 Å². The lowest BCUT2D eigenvalue weighted by atomic mass is 10.1. The molecule has 1 amide bonds. The van der Waals surface area contributed by atoms with Crippen molar-refractivity contribution < 1.29 is 13.2 Å². The number of hydrogen-bond donors (Lipinski definition) is 2. The number of halogens is 1. The quantitative estimate of drug-likeness (QED) is 0.721. The van der Waals surface area contributed by atoms with Crippen molar-refractivity contribution in [1.29, 1.82) is 0 Å². The minimum absolute atomic E-state index is 0.162. The first-order valence-corrected chi connectivity index (χ1v) is 9.67.